The average Bonchev–Trinajstić information content (AvgIpc) is 2.18. The maximum Gasteiger partial charge on any atom is 0.265 e. The molecule has 0 aliphatic heterocycles. The molecule has 6 heteroatoms. The summed E-state index contributed by atoms with van der Waals surface area (Å²) < 4.78 is 25.4. The van der Waals surface area contributed by atoms with E-state index < -0.39 is 6.43 Å². The summed E-state index contributed by atoms with van der Waals surface area (Å²) in [5, 5.41) is 8.71. The molecule has 0 aromatic carbocycles. The van der Waals surface area contributed by atoms with E-state index in [4.69, 9.17) is 16.9 Å². The van der Waals surface area contributed by atoms with Crippen LogP contribution in [0, 0.1) is 11.3 Å². The van der Waals surface area contributed by atoms with Crippen molar-refractivity contribution in [2.24, 2.45) is 0 Å². The molecular formula is C9H6BrClF2N2. The quantitative estimate of drug-likeness (QED) is 0.798. The van der Waals surface area contributed by atoms with Crippen molar-refractivity contribution in [3.05, 3.63) is 28.0 Å². The molecular weight excluding hydrogens is 289 g/mol. The van der Waals surface area contributed by atoms with Gasteiger partial charge in [-0.05, 0) is 5.56 Å². The van der Waals surface area contributed by atoms with Gasteiger partial charge in [-0.2, -0.15) is 5.26 Å². The Morgan fingerprint density at radius 2 is 2.27 bits per heavy atom. The second-order valence-electron chi connectivity index (χ2n) is 2.73. The lowest BCUT2D eigenvalue weighted by atomic mass is 10.1. The number of pyridine rings is 1. The normalized spacial score (nSPS) is 10.4. The average molecular weight is 296 g/mol. The van der Waals surface area contributed by atoms with Gasteiger partial charge in [0.25, 0.3) is 6.43 Å². The molecule has 0 saturated heterocycles. The number of halogens is 4. The maximum atomic E-state index is 12.7. The number of hydrogen-bond acceptors (Lipinski definition) is 2. The molecule has 1 aromatic heterocycles. The molecule has 0 bridgehead atoms. The number of nitriles is 1. The highest BCUT2D eigenvalue weighted by Crippen LogP contribution is 2.32. The van der Waals surface area contributed by atoms with E-state index in [1.807, 2.05) is 0 Å². The molecule has 0 radical (unpaired) electrons. The van der Waals surface area contributed by atoms with Crippen LogP contribution in [0.3, 0.4) is 0 Å². The second kappa shape index (κ2) is 5.38. The van der Waals surface area contributed by atoms with Crippen molar-refractivity contribution >= 4 is 27.5 Å². The highest BCUT2D eigenvalue weighted by atomic mass is 79.9. The summed E-state index contributed by atoms with van der Waals surface area (Å²) in [6.07, 6.45) is -1.54. The zero-order chi connectivity index (χ0) is 11.4. The first kappa shape index (κ1) is 12.3. The Labute approximate surface area is 99.0 Å². The first-order valence-corrected chi connectivity index (χ1v) is 5.49. The summed E-state index contributed by atoms with van der Waals surface area (Å²) in [4.78, 5) is 3.90. The van der Waals surface area contributed by atoms with Crippen LogP contribution >= 0.6 is 27.5 Å². The van der Waals surface area contributed by atoms with Crippen LogP contribution in [0.25, 0.3) is 0 Å². The summed E-state index contributed by atoms with van der Waals surface area (Å²) in [6.45, 7) is 0. The van der Waals surface area contributed by atoms with Gasteiger partial charge < -0.3 is 0 Å². The van der Waals surface area contributed by atoms with E-state index in [-0.39, 0.29) is 22.6 Å². The summed E-state index contributed by atoms with van der Waals surface area (Å²) in [5.74, 6) is 0. The molecule has 0 fully saturated rings. The van der Waals surface area contributed by atoms with Gasteiger partial charge in [0.2, 0.25) is 0 Å². The molecule has 0 unspecified atom stereocenters. The Kier molecular flexibility index (Phi) is 4.43. The van der Waals surface area contributed by atoms with Crippen LogP contribution in [-0.2, 0) is 11.8 Å². The van der Waals surface area contributed by atoms with Gasteiger partial charge in [-0.3, -0.25) is 4.98 Å². The van der Waals surface area contributed by atoms with E-state index in [9.17, 15) is 8.78 Å². The van der Waals surface area contributed by atoms with E-state index in [2.05, 4.69) is 20.9 Å². The van der Waals surface area contributed by atoms with Crippen LogP contribution in [0.1, 0.15) is 23.2 Å². The Hall–Kier alpha value is -0.730. The Morgan fingerprint density at radius 1 is 1.60 bits per heavy atom. The summed E-state index contributed by atoms with van der Waals surface area (Å²) in [7, 11) is 0. The van der Waals surface area contributed by atoms with Crippen molar-refractivity contribution in [2.75, 3.05) is 0 Å². The minimum atomic E-state index is -2.69. The van der Waals surface area contributed by atoms with Gasteiger partial charge in [0, 0.05) is 17.1 Å². The van der Waals surface area contributed by atoms with Crippen LogP contribution < -0.4 is 0 Å². The molecule has 80 valence electrons. The van der Waals surface area contributed by atoms with Crippen LogP contribution in [0.15, 0.2) is 6.20 Å². The molecule has 0 atom stereocenters. The molecule has 2 nitrogen and oxygen atoms in total. The third-order valence-electron chi connectivity index (χ3n) is 1.83. The fourth-order valence-electron chi connectivity index (χ4n) is 1.13. The molecule has 0 aliphatic carbocycles. The van der Waals surface area contributed by atoms with Gasteiger partial charge in [0.05, 0.1) is 23.2 Å². The second-order valence-corrected chi connectivity index (χ2v) is 3.67. The van der Waals surface area contributed by atoms with Crippen molar-refractivity contribution in [1.82, 2.24) is 4.98 Å². The van der Waals surface area contributed by atoms with Crippen molar-refractivity contribution in [3.8, 4) is 6.07 Å². The zero-order valence-corrected chi connectivity index (χ0v) is 9.82. The van der Waals surface area contributed by atoms with Crippen LogP contribution in [-0.4, -0.2) is 4.98 Å². The molecule has 1 heterocycles. The number of hydrogen-bond donors (Lipinski definition) is 0. The number of alkyl halides is 3. The predicted molar refractivity (Wildman–Crippen MR) is 56.2 cm³/mol. The fraction of sp³-hybridized carbons (Fsp3) is 0.333. The molecule has 0 saturated carbocycles. The monoisotopic (exact) mass is 294 g/mol. The fourth-order valence-corrected chi connectivity index (χ4v) is 2.04. The Morgan fingerprint density at radius 3 is 2.73 bits per heavy atom. The highest BCUT2D eigenvalue weighted by molar-refractivity contribution is 9.08. The van der Waals surface area contributed by atoms with Crippen LogP contribution in [0.4, 0.5) is 8.78 Å². The van der Waals surface area contributed by atoms with Crippen molar-refractivity contribution in [3.63, 3.8) is 0 Å². The minimum Gasteiger partial charge on any atom is -0.259 e. The van der Waals surface area contributed by atoms with E-state index in [0.717, 1.165) is 0 Å². The third kappa shape index (κ3) is 2.64. The third-order valence-corrected chi connectivity index (χ3v) is 2.78. The van der Waals surface area contributed by atoms with Gasteiger partial charge in [0.1, 0.15) is 0 Å². The number of aromatic nitrogens is 1. The molecule has 0 N–H and O–H groups in total. The predicted octanol–water partition coefficient (Wildman–Crippen LogP) is 3.63. The van der Waals surface area contributed by atoms with Crippen molar-refractivity contribution < 1.29 is 8.78 Å². The van der Waals surface area contributed by atoms with Gasteiger partial charge in [-0.15, -0.1) is 0 Å². The van der Waals surface area contributed by atoms with Gasteiger partial charge in [-0.1, -0.05) is 27.5 Å². The van der Waals surface area contributed by atoms with Crippen molar-refractivity contribution in [2.45, 2.75) is 18.2 Å². The summed E-state index contributed by atoms with van der Waals surface area (Å²) in [6, 6.07) is 1.80. The molecule has 0 spiro atoms. The van der Waals surface area contributed by atoms with E-state index in [1.165, 1.54) is 6.20 Å². The summed E-state index contributed by atoms with van der Waals surface area (Å²) >= 11 is 8.86. The van der Waals surface area contributed by atoms with Gasteiger partial charge >= 0.3 is 0 Å². The lowest BCUT2D eigenvalue weighted by Crippen LogP contribution is -2.00. The largest absolute Gasteiger partial charge is 0.265 e. The van der Waals surface area contributed by atoms with Crippen LogP contribution in [0.2, 0.25) is 5.02 Å². The van der Waals surface area contributed by atoms with Gasteiger partial charge in [0.15, 0.2) is 0 Å². The molecule has 1 aromatic rings. The van der Waals surface area contributed by atoms with Crippen LogP contribution in [0.5, 0.6) is 0 Å². The first-order chi connectivity index (χ1) is 7.11. The van der Waals surface area contributed by atoms with E-state index >= 15 is 0 Å². The Balaban J connectivity index is 3.32. The highest BCUT2D eigenvalue weighted by Gasteiger charge is 2.20. The molecule has 1 rings (SSSR count). The lowest BCUT2D eigenvalue weighted by Gasteiger charge is -2.10. The Bertz CT molecular complexity index is 404. The smallest absolute Gasteiger partial charge is 0.259 e. The number of rotatable bonds is 3. The number of nitrogens with zero attached hydrogens (tertiary/aromatic N) is 2. The van der Waals surface area contributed by atoms with E-state index in [1.54, 1.807) is 6.07 Å². The minimum absolute atomic E-state index is 0.0605. The topological polar surface area (TPSA) is 36.7 Å². The lowest BCUT2D eigenvalue weighted by molar-refractivity contribution is 0.150. The van der Waals surface area contributed by atoms with E-state index in [0.29, 0.717) is 11.0 Å². The molecule has 15 heavy (non-hydrogen) atoms. The SMILES string of the molecule is N#CCc1cnc(CBr)c(Cl)c1C(F)F. The zero-order valence-electron chi connectivity index (χ0n) is 7.48. The molecule has 0 aliphatic rings. The van der Waals surface area contributed by atoms with Gasteiger partial charge in [-0.25, -0.2) is 8.78 Å². The standard InChI is InChI=1S/C9H6BrClF2N2/c10-3-6-8(11)7(9(12)13)5(1-2-14)4-15-6/h4,9H,1,3H2. The maximum absolute atomic E-state index is 12.7. The summed E-state index contributed by atoms with van der Waals surface area (Å²) in [5.41, 5.74) is 0.249. The first-order valence-electron chi connectivity index (χ1n) is 3.99. The molecule has 0 amide bonds. The van der Waals surface area contributed by atoms with Crippen molar-refractivity contribution in [1.29, 1.82) is 5.26 Å².